The molecule has 0 fully saturated rings. The summed E-state index contributed by atoms with van der Waals surface area (Å²) < 4.78 is 33.8. The summed E-state index contributed by atoms with van der Waals surface area (Å²) in [7, 11) is 1.07. The summed E-state index contributed by atoms with van der Waals surface area (Å²) in [6, 6.07) is 0. The molecule has 62 heavy (non-hydrogen) atoms. The fraction of sp³-hybridized carbons (Fsp3) is 0.686. The molecule has 0 radical (unpaired) electrons. The number of carbonyl (C=O) groups is 2. The van der Waals surface area contributed by atoms with Crippen molar-refractivity contribution in [1.82, 2.24) is 0 Å². The van der Waals surface area contributed by atoms with Crippen LogP contribution in [0, 0.1) is 0 Å². The number of aliphatic hydroxyl groups is 1. The topological polar surface area (TPSA) is 131 Å². The first-order valence-corrected chi connectivity index (χ1v) is 25.4. The quantitative estimate of drug-likeness (QED) is 0.0159. The van der Waals surface area contributed by atoms with Gasteiger partial charge in [-0.3, -0.25) is 14.2 Å². The van der Waals surface area contributed by atoms with Crippen molar-refractivity contribution in [3.63, 3.8) is 0 Å². The standard InChI is InChI=1S/C51H88NO9P/c1-6-8-10-12-14-15-16-17-18-19-20-21-22-23-24-25-26-30-34-38-42-50(54)58-46-49(47-60-62(56,57)59-45-44-52(3,4)5)61-51(55)43-39-35-31-27-29-33-37-41-48(53)40-36-32-28-13-11-9-7-2/h15-16,18-19,21-22,27-28,31-33,36-37,40,48-49,53H,6-14,17,20,23-26,29-30,34-35,38-39,41-47H2,1-5H3/b16-15-,19-18-,22-21-,31-27+,32-28-,37-33-,40-36-/t48-,49+/m0/s1. The number of likely N-dealkylation sites (N-methyl/N-ethyl adjacent to an activating group) is 1. The second kappa shape index (κ2) is 42.1. The number of phosphoric ester groups is 1. The molecule has 0 aromatic rings. The summed E-state index contributed by atoms with van der Waals surface area (Å²) in [6.45, 7) is 3.99. The van der Waals surface area contributed by atoms with Crippen LogP contribution < -0.4 is 4.89 Å². The van der Waals surface area contributed by atoms with Crippen LogP contribution in [0.1, 0.15) is 168 Å². The molecule has 0 amide bonds. The van der Waals surface area contributed by atoms with E-state index < -0.39 is 38.6 Å². The number of unbranched alkanes of at least 4 members (excludes halogenated alkanes) is 14. The molecular formula is C51H88NO9P. The molecule has 0 saturated heterocycles. The fourth-order valence-corrected chi connectivity index (χ4v) is 6.64. The van der Waals surface area contributed by atoms with Crippen molar-refractivity contribution in [3.05, 3.63) is 85.1 Å². The van der Waals surface area contributed by atoms with Crippen LogP contribution in [0.4, 0.5) is 0 Å². The molecule has 0 aromatic carbocycles. The smallest absolute Gasteiger partial charge is 0.306 e. The highest BCUT2D eigenvalue weighted by molar-refractivity contribution is 7.45. The Balaban J connectivity index is 4.49. The second-order valence-corrected chi connectivity index (χ2v) is 18.4. The van der Waals surface area contributed by atoms with Crippen LogP contribution in [0.3, 0.4) is 0 Å². The number of hydrogen-bond acceptors (Lipinski definition) is 9. The number of carbonyl (C=O) groups excluding carboxylic acids is 2. The third kappa shape index (κ3) is 45.2. The summed E-state index contributed by atoms with van der Waals surface area (Å²) in [5.41, 5.74) is 0. The van der Waals surface area contributed by atoms with Crippen molar-refractivity contribution < 1.29 is 47.2 Å². The zero-order chi connectivity index (χ0) is 45.8. The summed E-state index contributed by atoms with van der Waals surface area (Å²) in [5.74, 6) is -0.963. The first-order chi connectivity index (χ1) is 29.9. The van der Waals surface area contributed by atoms with Gasteiger partial charge in [0.1, 0.15) is 19.8 Å². The molecule has 0 rings (SSSR count). The number of nitrogens with zero attached hydrogens (tertiary/aromatic N) is 1. The van der Waals surface area contributed by atoms with E-state index in [0.29, 0.717) is 43.1 Å². The van der Waals surface area contributed by atoms with Crippen molar-refractivity contribution in [3.8, 4) is 0 Å². The van der Waals surface area contributed by atoms with E-state index in [0.717, 1.165) is 57.8 Å². The van der Waals surface area contributed by atoms with Crippen molar-refractivity contribution in [2.24, 2.45) is 0 Å². The molecule has 1 N–H and O–H groups in total. The minimum Gasteiger partial charge on any atom is -0.756 e. The molecule has 0 aliphatic heterocycles. The Hall–Kier alpha value is -2.85. The van der Waals surface area contributed by atoms with Crippen LogP contribution in [0.15, 0.2) is 85.1 Å². The maximum absolute atomic E-state index is 12.7. The number of allylic oxidation sites excluding steroid dienone is 12. The van der Waals surface area contributed by atoms with E-state index in [9.17, 15) is 24.2 Å². The predicted octanol–water partition coefficient (Wildman–Crippen LogP) is 12.3. The lowest BCUT2D eigenvalue weighted by molar-refractivity contribution is -0.870. The van der Waals surface area contributed by atoms with Gasteiger partial charge in [0.25, 0.3) is 7.82 Å². The Morgan fingerprint density at radius 3 is 1.73 bits per heavy atom. The molecular weight excluding hydrogens is 802 g/mol. The van der Waals surface area contributed by atoms with Crippen LogP contribution in [0.5, 0.6) is 0 Å². The first-order valence-electron chi connectivity index (χ1n) is 23.9. The van der Waals surface area contributed by atoms with Gasteiger partial charge in [0.05, 0.1) is 33.9 Å². The molecule has 1 unspecified atom stereocenters. The number of phosphoric acid groups is 1. The van der Waals surface area contributed by atoms with Gasteiger partial charge in [0.15, 0.2) is 6.10 Å². The van der Waals surface area contributed by atoms with Crippen LogP contribution in [-0.2, 0) is 32.7 Å². The minimum atomic E-state index is -4.67. The average molecular weight is 890 g/mol. The van der Waals surface area contributed by atoms with Gasteiger partial charge in [0.2, 0.25) is 0 Å². The van der Waals surface area contributed by atoms with Gasteiger partial charge in [-0.05, 0) is 83.5 Å². The number of quaternary nitrogens is 1. The van der Waals surface area contributed by atoms with Crippen LogP contribution in [0.2, 0.25) is 0 Å². The van der Waals surface area contributed by atoms with E-state index in [1.54, 1.807) is 6.08 Å². The highest BCUT2D eigenvalue weighted by atomic mass is 31.2. The summed E-state index contributed by atoms with van der Waals surface area (Å²) >= 11 is 0. The maximum atomic E-state index is 12.7. The number of aliphatic hydroxyl groups excluding tert-OH is 1. The molecule has 0 aliphatic carbocycles. The van der Waals surface area contributed by atoms with Crippen molar-refractivity contribution in [1.29, 1.82) is 0 Å². The summed E-state index contributed by atoms with van der Waals surface area (Å²) in [4.78, 5) is 37.6. The van der Waals surface area contributed by atoms with Crippen molar-refractivity contribution in [2.75, 3.05) is 47.5 Å². The monoisotopic (exact) mass is 890 g/mol. The summed E-state index contributed by atoms with van der Waals surface area (Å²) in [6.07, 6.45) is 50.7. The number of esters is 2. The van der Waals surface area contributed by atoms with Crippen LogP contribution in [0.25, 0.3) is 0 Å². The van der Waals surface area contributed by atoms with Crippen LogP contribution in [-0.4, -0.2) is 81.2 Å². The van der Waals surface area contributed by atoms with Gasteiger partial charge < -0.3 is 33.0 Å². The molecule has 356 valence electrons. The third-order valence-corrected chi connectivity index (χ3v) is 10.7. The zero-order valence-electron chi connectivity index (χ0n) is 39.6. The lowest BCUT2D eigenvalue weighted by Crippen LogP contribution is -2.37. The van der Waals surface area contributed by atoms with Gasteiger partial charge in [-0.1, -0.05) is 157 Å². The second-order valence-electron chi connectivity index (χ2n) is 17.0. The van der Waals surface area contributed by atoms with E-state index in [-0.39, 0.29) is 26.1 Å². The molecule has 0 aromatic heterocycles. The summed E-state index contributed by atoms with van der Waals surface area (Å²) in [5, 5.41) is 10.1. The zero-order valence-corrected chi connectivity index (χ0v) is 40.5. The van der Waals surface area contributed by atoms with Gasteiger partial charge in [-0.25, -0.2) is 0 Å². The Bertz CT molecular complexity index is 1340. The SMILES string of the molecule is CCCCC/C=C\C=C/[C@H](O)C/C=C\C/C=C/CCCC(=O)O[C@H](COC(=O)CCCCCCCC/C=C\C/C=C\C/C=C\CCCCCC)COP(=O)([O-])OCC[N+](C)(C)C. The van der Waals surface area contributed by atoms with Gasteiger partial charge in [0, 0.05) is 12.8 Å². The molecule has 0 spiro atoms. The van der Waals surface area contributed by atoms with Crippen molar-refractivity contribution >= 4 is 19.8 Å². The Labute approximate surface area is 378 Å². The molecule has 11 heteroatoms. The molecule has 0 bridgehead atoms. The maximum Gasteiger partial charge on any atom is 0.306 e. The number of rotatable bonds is 42. The van der Waals surface area contributed by atoms with Gasteiger partial charge in [-0.15, -0.1) is 0 Å². The number of ether oxygens (including phenoxy) is 2. The molecule has 0 saturated carbocycles. The minimum absolute atomic E-state index is 0.0594. The van der Waals surface area contributed by atoms with E-state index in [2.05, 4.69) is 56.4 Å². The largest absolute Gasteiger partial charge is 0.756 e. The molecule has 10 nitrogen and oxygen atoms in total. The van der Waals surface area contributed by atoms with Gasteiger partial charge in [-0.2, -0.15) is 0 Å². The molecule has 3 atom stereocenters. The third-order valence-electron chi connectivity index (χ3n) is 9.72. The molecule has 0 heterocycles. The van der Waals surface area contributed by atoms with E-state index >= 15 is 0 Å². The lowest BCUT2D eigenvalue weighted by atomic mass is 10.1. The van der Waals surface area contributed by atoms with E-state index in [4.69, 9.17) is 18.5 Å². The van der Waals surface area contributed by atoms with E-state index in [1.807, 2.05) is 57.6 Å². The lowest BCUT2D eigenvalue weighted by Gasteiger charge is -2.28. The Morgan fingerprint density at radius 1 is 0.597 bits per heavy atom. The normalized spacial score (nSPS) is 14.8. The Morgan fingerprint density at radius 2 is 1.10 bits per heavy atom. The highest BCUT2D eigenvalue weighted by Crippen LogP contribution is 2.38. The van der Waals surface area contributed by atoms with Crippen molar-refractivity contribution in [2.45, 2.75) is 180 Å². The highest BCUT2D eigenvalue weighted by Gasteiger charge is 2.21. The predicted molar refractivity (Wildman–Crippen MR) is 255 cm³/mol. The number of hydrogen-bond donors (Lipinski definition) is 1. The molecule has 0 aliphatic rings. The average Bonchev–Trinajstić information content (AvgIpc) is 3.22. The van der Waals surface area contributed by atoms with Gasteiger partial charge >= 0.3 is 11.9 Å². The van der Waals surface area contributed by atoms with E-state index in [1.165, 1.54) is 51.4 Å². The van der Waals surface area contributed by atoms with Crippen LogP contribution >= 0.6 is 7.82 Å². The first kappa shape index (κ1) is 59.1. The Kier molecular flexibility index (Phi) is 40.2. The fourth-order valence-electron chi connectivity index (χ4n) is 5.91.